The summed E-state index contributed by atoms with van der Waals surface area (Å²) in [4.78, 5) is 31.6. The lowest BCUT2D eigenvalue weighted by Crippen LogP contribution is -2.32. The Labute approximate surface area is 151 Å². The minimum atomic E-state index is -0.0931. The number of aryl methyl sites for hydroxylation is 1. The Morgan fingerprint density at radius 1 is 1.08 bits per heavy atom. The van der Waals surface area contributed by atoms with Gasteiger partial charge in [0.15, 0.2) is 0 Å². The third-order valence-corrected chi connectivity index (χ3v) is 5.06. The van der Waals surface area contributed by atoms with E-state index in [0.29, 0.717) is 23.9 Å². The first-order valence-corrected chi connectivity index (χ1v) is 9.02. The standard InChI is InChI=1S/C21H21N3O2/c25-20(24-13-6-11-19(24)16-7-2-1-3-8-16)12-14-23-15-22-18-10-5-4-9-17(18)21(23)26/h1-5,7-10,15,19H,6,11-14H2/t19-/m0/s1. The zero-order valence-corrected chi connectivity index (χ0v) is 14.5. The van der Waals surface area contributed by atoms with E-state index in [-0.39, 0.29) is 17.5 Å². The molecule has 1 fully saturated rings. The minimum Gasteiger partial charge on any atom is -0.336 e. The maximum absolute atomic E-state index is 12.8. The molecule has 5 nitrogen and oxygen atoms in total. The van der Waals surface area contributed by atoms with Gasteiger partial charge in [0.25, 0.3) is 5.56 Å². The number of aromatic nitrogens is 2. The van der Waals surface area contributed by atoms with Crippen LogP contribution in [0, 0.1) is 0 Å². The Bertz CT molecular complexity index is 981. The summed E-state index contributed by atoms with van der Waals surface area (Å²) in [5.41, 5.74) is 1.77. The van der Waals surface area contributed by atoms with Crippen molar-refractivity contribution in [2.24, 2.45) is 0 Å². The van der Waals surface area contributed by atoms with E-state index in [1.54, 1.807) is 6.07 Å². The highest BCUT2D eigenvalue weighted by Gasteiger charge is 2.29. The Morgan fingerprint density at radius 3 is 2.69 bits per heavy atom. The van der Waals surface area contributed by atoms with Gasteiger partial charge in [0.2, 0.25) is 5.91 Å². The van der Waals surface area contributed by atoms with E-state index in [1.807, 2.05) is 41.3 Å². The molecule has 26 heavy (non-hydrogen) atoms. The SMILES string of the molecule is O=C(CCn1cnc2ccccc2c1=O)N1CCC[C@H]1c1ccccc1. The van der Waals surface area contributed by atoms with Gasteiger partial charge in [0.1, 0.15) is 0 Å². The fraction of sp³-hybridized carbons (Fsp3) is 0.286. The highest BCUT2D eigenvalue weighted by atomic mass is 16.2. The summed E-state index contributed by atoms with van der Waals surface area (Å²) in [5.74, 6) is 0.0939. The van der Waals surface area contributed by atoms with E-state index >= 15 is 0 Å². The summed E-state index contributed by atoms with van der Waals surface area (Å²) in [6.07, 6.45) is 3.86. The number of likely N-dealkylation sites (tertiary alicyclic amines) is 1. The number of hydrogen-bond acceptors (Lipinski definition) is 3. The number of carbonyl (C=O) groups is 1. The zero-order valence-electron chi connectivity index (χ0n) is 14.5. The molecular weight excluding hydrogens is 326 g/mol. The monoisotopic (exact) mass is 347 g/mol. The summed E-state index contributed by atoms with van der Waals surface area (Å²) >= 11 is 0. The van der Waals surface area contributed by atoms with Crippen LogP contribution in [0.5, 0.6) is 0 Å². The van der Waals surface area contributed by atoms with Crippen LogP contribution in [-0.4, -0.2) is 26.9 Å². The summed E-state index contributed by atoms with van der Waals surface area (Å²) in [6.45, 7) is 1.14. The largest absolute Gasteiger partial charge is 0.336 e. The summed E-state index contributed by atoms with van der Waals surface area (Å²) in [5, 5.41) is 0.589. The molecule has 1 aromatic heterocycles. The number of rotatable bonds is 4. The van der Waals surface area contributed by atoms with Gasteiger partial charge < -0.3 is 4.90 Å². The first-order valence-electron chi connectivity index (χ1n) is 9.02. The lowest BCUT2D eigenvalue weighted by molar-refractivity contribution is -0.132. The van der Waals surface area contributed by atoms with E-state index in [4.69, 9.17) is 0 Å². The first-order chi connectivity index (χ1) is 12.7. The zero-order chi connectivity index (χ0) is 17.9. The highest BCUT2D eigenvalue weighted by Crippen LogP contribution is 2.32. The quantitative estimate of drug-likeness (QED) is 0.728. The van der Waals surface area contributed by atoms with Crippen LogP contribution in [0.3, 0.4) is 0 Å². The van der Waals surface area contributed by atoms with E-state index in [2.05, 4.69) is 17.1 Å². The lowest BCUT2D eigenvalue weighted by Gasteiger charge is -2.25. The van der Waals surface area contributed by atoms with E-state index < -0.39 is 0 Å². The normalized spacial score (nSPS) is 16.9. The molecule has 2 aromatic carbocycles. The van der Waals surface area contributed by atoms with Crippen LogP contribution < -0.4 is 5.56 Å². The molecule has 132 valence electrons. The van der Waals surface area contributed by atoms with Gasteiger partial charge in [0, 0.05) is 19.5 Å². The number of nitrogens with zero attached hydrogens (tertiary/aromatic N) is 3. The molecule has 1 aliphatic heterocycles. The van der Waals surface area contributed by atoms with E-state index in [0.717, 1.165) is 19.4 Å². The molecule has 0 saturated carbocycles. The van der Waals surface area contributed by atoms with Gasteiger partial charge in [0.05, 0.1) is 23.3 Å². The van der Waals surface area contributed by atoms with Gasteiger partial charge in [-0.25, -0.2) is 4.98 Å². The fourth-order valence-corrected chi connectivity index (χ4v) is 3.71. The number of fused-ring (bicyclic) bond motifs is 1. The molecule has 5 heteroatoms. The van der Waals surface area contributed by atoms with Crippen molar-refractivity contribution in [3.05, 3.63) is 76.8 Å². The van der Waals surface area contributed by atoms with Crippen molar-refractivity contribution in [2.75, 3.05) is 6.54 Å². The predicted molar refractivity (Wildman–Crippen MR) is 101 cm³/mol. The van der Waals surface area contributed by atoms with Gasteiger partial charge >= 0.3 is 0 Å². The van der Waals surface area contributed by atoms with Crippen LogP contribution >= 0.6 is 0 Å². The second-order valence-electron chi connectivity index (χ2n) is 6.67. The van der Waals surface area contributed by atoms with Crippen LogP contribution in [0.2, 0.25) is 0 Å². The maximum Gasteiger partial charge on any atom is 0.261 e. The summed E-state index contributed by atoms with van der Waals surface area (Å²) < 4.78 is 1.54. The number of para-hydroxylation sites is 1. The Balaban J connectivity index is 1.49. The molecule has 0 aliphatic carbocycles. The van der Waals surface area contributed by atoms with Crippen LogP contribution in [0.1, 0.15) is 30.9 Å². The molecule has 2 heterocycles. The van der Waals surface area contributed by atoms with Crippen molar-refractivity contribution in [1.29, 1.82) is 0 Å². The van der Waals surface area contributed by atoms with Crippen molar-refractivity contribution in [3.8, 4) is 0 Å². The molecule has 0 N–H and O–H groups in total. The number of hydrogen-bond donors (Lipinski definition) is 0. The molecule has 0 spiro atoms. The fourth-order valence-electron chi connectivity index (χ4n) is 3.71. The lowest BCUT2D eigenvalue weighted by atomic mass is 10.0. The molecule has 0 unspecified atom stereocenters. The number of amides is 1. The molecule has 4 rings (SSSR count). The van der Waals surface area contributed by atoms with Crippen LogP contribution in [-0.2, 0) is 11.3 Å². The summed E-state index contributed by atoms with van der Waals surface area (Å²) in [7, 11) is 0. The molecule has 1 saturated heterocycles. The molecule has 1 amide bonds. The minimum absolute atomic E-state index is 0.0931. The Hall–Kier alpha value is -2.95. The second kappa shape index (κ2) is 7.12. The van der Waals surface area contributed by atoms with Crippen molar-refractivity contribution in [3.63, 3.8) is 0 Å². The Kier molecular flexibility index (Phi) is 4.52. The van der Waals surface area contributed by atoms with E-state index in [9.17, 15) is 9.59 Å². The highest BCUT2D eigenvalue weighted by molar-refractivity contribution is 5.78. The Morgan fingerprint density at radius 2 is 1.85 bits per heavy atom. The maximum atomic E-state index is 12.8. The van der Waals surface area contributed by atoms with Crippen molar-refractivity contribution in [2.45, 2.75) is 31.8 Å². The van der Waals surface area contributed by atoms with Gasteiger partial charge in [-0.05, 0) is 30.5 Å². The second-order valence-corrected chi connectivity index (χ2v) is 6.67. The molecular formula is C21H21N3O2. The molecule has 1 atom stereocenters. The summed E-state index contributed by atoms with van der Waals surface area (Å²) in [6, 6.07) is 17.6. The first kappa shape index (κ1) is 16.5. The molecule has 1 aliphatic rings. The van der Waals surface area contributed by atoms with Gasteiger partial charge in [-0.15, -0.1) is 0 Å². The van der Waals surface area contributed by atoms with Gasteiger partial charge in [-0.2, -0.15) is 0 Å². The molecule has 3 aromatic rings. The molecule has 0 bridgehead atoms. The average molecular weight is 347 g/mol. The topological polar surface area (TPSA) is 55.2 Å². The van der Waals surface area contributed by atoms with Crippen molar-refractivity contribution < 1.29 is 4.79 Å². The van der Waals surface area contributed by atoms with Crippen LogP contribution in [0.15, 0.2) is 65.7 Å². The van der Waals surface area contributed by atoms with Gasteiger partial charge in [-0.1, -0.05) is 42.5 Å². The van der Waals surface area contributed by atoms with Gasteiger partial charge in [-0.3, -0.25) is 14.2 Å². The molecule has 0 radical (unpaired) electrons. The average Bonchev–Trinajstić information content (AvgIpc) is 3.18. The van der Waals surface area contributed by atoms with Crippen molar-refractivity contribution >= 4 is 16.8 Å². The third kappa shape index (κ3) is 3.12. The predicted octanol–water partition coefficient (Wildman–Crippen LogP) is 3.15. The third-order valence-electron chi connectivity index (χ3n) is 5.06. The van der Waals surface area contributed by atoms with Crippen LogP contribution in [0.4, 0.5) is 0 Å². The van der Waals surface area contributed by atoms with Crippen molar-refractivity contribution in [1.82, 2.24) is 14.5 Å². The van der Waals surface area contributed by atoms with Crippen LogP contribution in [0.25, 0.3) is 10.9 Å². The number of benzene rings is 2. The van der Waals surface area contributed by atoms with E-state index in [1.165, 1.54) is 16.5 Å². The smallest absolute Gasteiger partial charge is 0.261 e. The number of carbonyl (C=O) groups excluding carboxylic acids is 1.